The van der Waals surface area contributed by atoms with E-state index in [0.717, 1.165) is 24.8 Å². The molecule has 0 unspecified atom stereocenters. The first-order valence-corrected chi connectivity index (χ1v) is 11.0. The predicted octanol–water partition coefficient (Wildman–Crippen LogP) is 2.85. The number of fused-ring (bicyclic) bond motifs is 4. The zero-order valence-corrected chi connectivity index (χ0v) is 15.5. The van der Waals surface area contributed by atoms with E-state index in [4.69, 9.17) is 4.18 Å². The Morgan fingerprint density at radius 1 is 0.880 bits per heavy atom. The average Bonchev–Trinajstić information content (AvgIpc) is 2.95. The number of aryl methyl sites for hydroxylation is 1. The summed E-state index contributed by atoms with van der Waals surface area (Å²) >= 11 is 0. The van der Waals surface area contributed by atoms with Crippen LogP contribution < -0.4 is 0 Å². The van der Waals surface area contributed by atoms with E-state index in [1.807, 2.05) is 19.1 Å². The van der Waals surface area contributed by atoms with E-state index in [1.54, 1.807) is 12.1 Å². The molecule has 3 heterocycles. The van der Waals surface area contributed by atoms with E-state index in [-0.39, 0.29) is 17.0 Å². The van der Waals surface area contributed by atoms with E-state index in [2.05, 4.69) is 10.0 Å². The smallest absolute Gasteiger partial charge is 0.261 e. The normalized spacial score (nSPS) is 38.0. The van der Waals surface area contributed by atoms with E-state index >= 15 is 0 Å². The quantitative estimate of drug-likeness (QED) is 0.774. The highest BCUT2D eigenvalue weighted by atomic mass is 32.2. The first-order chi connectivity index (χ1) is 12.0. The molecule has 5 nitrogen and oxygen atoms in total. The van der Waals surface area contributed by atoms with Crippen LogP contribution in [-0.4, -0.2) is 48.7 Å². The van der Waals surface area contributed by atoms with E-state index < -0.39 is 10.1 Å². The van der Waals surface area contributed by atoms with Crippen molar-refractivity contribution >= 4 is 10.1 Å². The van der Waals surface area contributed by atoms with Gasteiger partial charge in [-0.05, 0) is 64.0 Å². The minimum absolute atomic E-state index is 0.216. The Balaban J connectivity index is 1.39. The fourth-order valence-corrected chi connectivity index (χ4v) is 6.68. The van der Waals surface area contributed by atoms with Crippen LogP contribution in [0.2, 0.25) is 0 Å². The lowest BCUT2D eigenvalue weighted by molar-refractivity contribution is -0.161. The summed E-state index contributed by atoms with van der Waals surface area (Å²) in [4.78, 5) is 0.273. The van der Waals surface area contributed by atoms with Crippen LogP contribution in [0.4, 0.5) is 0 Å². The second kappa shape index (κ2) is 5.78. The molecule has 3 aliphatic heterocycles. The summed E-state index contributed by atoms with van der Waals surface area (Å²) in [6, 6.07) is 9.05. The van der Waals surface area contributed by atoms with Gasteiger partial charge in [-0.25, -0.2) is 10.0 Å². The molecule has 5 aliphatic rings. The van der Waals surface area contributed by atoms with Gasteiger partial charge in [-0.1, -0.05) is 17.7 Å². The lowest BCUT2D eigenvalue weighted by atomic mass is 9.87. The number of benzene rings is 1. The average molecular weight is 362 g/mol. The Labute approximate surface area is 150 Å². The summed E-state index contributed by atoms with van der Waals surface area (Å²) in [7, 11) is -3.70. The van der Waals surface area contributed by atoms with Crippen molar-refractivity contribution in [3.8, 4) is 0 Å². The second-order valence-electron chi connectivity index (χ2n) is 8.16. The summed E-state index contributed by atoms with van der Waals surface area (Å²) < 4.78 is 31.3. The summed E-state index contributed by atoms with van der Waals surface area (Å²) in [5.74, 6) is 0. The van der Waals surface area contributed by atoms with Gasteiger partial charge >= 0.3 is 0 Å². The summed E-state index contributed by atoms with van der Waals surface area (Å²) in [5.41, 5.74) is 1.05. The van der Waals surface area contributed by atoms with Crippen molar-refractivity contribution < 1.29 is 12.6 Å². The van der Waals surface area contributed by atoms with Gasteiger partial charge in [0.2, 0.25) is 0 Å². The molecular formula is C19H26N2O3S. The fourth-order valence-electron chi connectivity index (χ4n) is 5.54. The molecule has 4 bridgehead atoms. The van der Waals surface area contributed by atoms with Crippen molar-refractivity contribution in [1.82, 2.24) is 10.0 Å². The lowest BCUT2D eigenvalue weighted by Gasteiger charge is -2.53. The zero-order chi connectivity index (χ0) is 17.2. The highest BCUT2D eigenvalue weighted by Crippen LogP contribution is 2.48. The fraction of sp³-hybridized carbons (Fsp3) is 0.684. The highest BCUT2D eigenvalue weighted by molar-refractivity contribution is 7.86. The van der Waals surface area contributed by atoms with Gasteiger partial charge in [-0.15, -0.1) is 0 Å². The Hall–Kier alpha value is -0.950. The molecule has 2 saturated carbocycles. The van der Waals surface area contributed by atoms with Crippen LogP contribution in [0.5, 0.6) is 0 Å². The minimum Gasteiger partial charge on any atom is -0.261 e. The van der Waals surface area contributed by atoms with Gasteiger partial charge in [-0.3, -0.25) is 4.18 Å². The van der Waals surface area contributed by atoms with Gasteiger partial charge in [0, 0.05) is 18.1 Å². The Kier molecular flexibility index (Phi) is 3.75. The molecule has 6 rings (SSSR count). The van der Waals surface area contributed by atoms with Crippen molar-refractivity contribution in [3.63, 3.8) is 0 Å². The lowest BCUT2D eigenvalue weighted by Crippen LogP contribution is -2.62. The van der Waals surface area contributed by atoms with Crippen LogP contribution in [0, 0.1) is 6.92 Å². The predicted molar refractivity (Wildman–Crippen MR) is 94.4 cm³/mol. The van der Waals surface area contributed by atoms with Crippen molar-refractivity contribution in [2.45, 2.75) is 87.0 Å². The monoisotopic (exact) mass is 362 g/mol. The Bertz CT molecular complexity index is 755. The summed E-state index contributed by atoms with van der Waals surface area (Å²) in [5, 5.41) is 5.15. The first kappa shape index (κ1) is 16.2. The van der Waals surface area contributed by atoms with Gasteiger partial charge in [0.15, 0.2) is 0 Å². The van der Waals surface area contributed by atoms with Crippen LogP contribution >= 0.6 is 0 Å². The van der Waals surface area contributed by atoms with Crippen molar-refractivity contribution in [2.75, 3.05) is 0 Å². The zero-order valence-electron chi connectivity index (χ0n) is 14.7. The third kappa shape index (κ3) is 2.57. The third-order valence-electron chi connectivity index (χ3n) is 6.68. The van der Waals surface area contributed by atoms with Gasteiger partial charge < -0.3 is 0 Å². The van der Waals surface area contributed by atoms with Crippen molar-refractivity contribution in [3.05, 3.63) is 29.8 Å². The Morgan fingerprint density at radius 2 is 1.48 bits per heavy atom. The van der Waals surface area contributed by atoms with Gasteiger partial charge in [0.05, 0.1) is 17.0 Å². The van der Waals surface area contributed by atoms with Crippen LogP contribution in [0.25, 0.3) is 0 Å². The maximum absolute atomic E-state index is 12.8. The molecule has 5 fully saturated rings. The molecule has 25 heavy (non-hydrogen) atoms. The van der Waals surface area contributed by atoms with E-state index in [9.17, 15) is 8.42 Å². The molecule has 0 amide bonds. The number of rotatable bonds is 3. The molecule has 1 aromatic rings. The van der Waals surface area contributed by atoms with Gasteiger partial charge in [-0.2, -0.15) is 8.42 Å². The topological polar surface area (TPSA) is 49.9 Å². The van der Waals surface area contributed by atoms with E-state index in [0.29, 0.717) is 18.1 Å². The molecule has 3 atom stereocenters. The van der Waals surface area contributed by atoms with Crippen molar-refractivity contribution in [1.29, 1.82) is 0 Å². The van der Waals surface area contributed by atoms with Crippen LogP contribution in [0.1, 0.15) is 50.5 Å². The Morgan fingerprint density at radius 3 is 2.16 bits per heavy atom. The van der Waals surface area contributed by atoms with Gasteiger partial charge in [0.1, 0.15) is 0 Å². The first-order valence-electron chi connectivity index (χ1n) is 9.59. The largest absolute Gasteiger partial charge is 0.297 e. The molecule has 1 aromatic carbocycles. The molecule has 6 heteroatoms. The summed E-state index contributed by atoms with van der Waals surface area (Å²) in [6.45, 7) is 1.96. The minimum atomic E-state index is -3.70. The second-order valence-corrected chi connectivity index (χ2v) is 9.73. The SMILES string of the molecule is Cc1ccc(S(=O)(=O)O[C@@H]2CC[C@@H]3C[C@H]2N2C4CCC(CC4)N32)cc1. The third-order valence-corrected chi connectivity index (χ3v) is 8.03. The van der Waals surface area contributed by atoms with Crippen molar-refractivity contribution in [2.24, 2.45) is 0 Å². The number of hydrogen-bond acceptors (Lipinski definition) is 5. The van der Waals surface area contributed by atoms with Crippen LogP contribution in [0.3, 0.4) is 0 Å². The summed E-state index contributed by atoms with van der Waals surface area (Å²) in [6.07, 6.45) is 7.84. The molecular weight excluding hydrogens is 336 g/mol. The molecule has 3 saturated heterocycles. The van der Waals surface area contributed by atoms with Crippen LogP contribution in [-0.2, 0) is 14.3 Å². The molecule has 0 radical (unpaired) electrons. The van der Waals surface area contributed by atoms with Crippen LogP contribution in [0.15, 0.2) is 29.2 Å². The molecule has 136 valence electrons. The molecule has 0 spiro atoms. The van der Waals surface area contributed by atoms with Gasteiger partial charge in [0.25, 0.3) is 10.1 Å². The van der Waals surface area contributed by atoms with E-state index in [1.165, 1.54) is 25.7 Å². The number of hydrazine groups is 1. The molecule has 0 aromatic heterocycles. The number of nitrogens with zero attached hydrogens (tertiary/aromatic N) is 2. The standard InChI is InChI=1S/C19H26N2O3S/c1-13-2-9-17(10-3-13)25(22,23)24-19-11-8-16-12-18(19)21-15-6-4-14(5-7-15)20(16)21/h2-3,9-10,14-16,18-19H,4-8,11-12H2,1H3/t14?,15?,16-,18-,19-/m1/s1. The molecule has 2 aliphatic carbocycles. The maximum Gasteiger partial charge on any atom is 0.297 e. The molecule has 0 N–H and O–H groups in total. The number of hydrogen-bond donors (Lipinski definition) is 0. The highest BCUT2D eigenvalue weighted by Gasteiger charge is 2.56. The maximum atomic E-state index is 12.8.